The minimum absolute atomic E-state index is 0.0882. The average Bonchev–Trinajstić information content (AvgIpc) is 2.38. The number of carbonyl (C=O) groups is 1. The highest BCUT2D eigenvalue weighted by atomic mass is 79.9. The van der Waals surface area contributed by atoms with Crippen LogP contribution in [0.1, 0.15) is 26.9 Å². The Morgan fingerprint density at radius 3 is 2.44 bits per heavy atom. The highest BCUT2D eigenvalue weighted by Crippen LogP contribution is 2.28. The molecule has 1 unspecified atom stereocenters. The van der Waals surface area contributed by atoms with Crippen molar-refractivity contribution in [3.8, 4) is 0 Å². The van der Waals surface area contributed by atoms with E-state index in [9.17, 15) is 4.79 Å². The van der Waals surface area contributed by atoms with Gasteiger partial charge in [-0.2, -0.15) is 0 Å². The van der Waals surface area contributed by atoms with Crippen molar-refractivity contribution in [1.29, 1.82) is 0 Å². The predicted molar refractivity (Wildman–Crippen MR) is 78.2 cm³/mol. The van der Waals surface area contributed by atoms with E-state index in [1.54, 1.807) is 6.07 Å². The minimum atomic E-state index is -0.648. The Kier molecular flexibility index (Phi) is 4.20. The smallest absolute Gasteiger partial charge is 0.186 e. The highest BCUT2D eigenvalue weighted by Gasteiger charge is 2.21. The molecule has 2 rings (SSSR count). The normalized spacial score (nSPS) is 12.2. The van der Waals surface area contributed by atoms with Crippen LogP contribution in [0.4, 0.5) is 0 Å². The zero-order chi connectivity index (χ0) is 13.1. The average molecular weight is 324 g/mol. The molecule has 0 spiro atoms. The molecule has 1 nitrogen and oxygen atoms in total. The van der Waals surface area contributed by atoms with Gasteiger partial charge in [0, 0.05) is 10.0 Å². The Labute approximate surface area is 120 Å². The van der Waals surface area contributed by atoms with Gasteiger partial charge < -0.3 is 0 Å². The van der Waals surface area contributed by atoms with E-state index in [0.717, 1.165) is 15.6 Å². The summed E-state index contributed by atoms with van der Waals surface area (Å²) >= 11 is 9.64. The first-order valence-electron chi connectivity index (χ1n) is 5.59. The van der Waals surface area contributed by atoms with Crippen molar-refractivity contribution < 1.29 is 4.79 Å². The van der Waals surface area contributed by atoms with E-state index < -0.39 is 5.38 Å². The number of alkyl halides is 1. The first-order chi connectivity index (χ1) is 8.59. The maximum atomic E-state index is 12.3. The summed E-state index contributed by atoms with van der Waals surface area (Å²) in [6, 6.07) is 15.0. The van der Waals surface area contributed by atoms with Crippen LogP contribution in [0.25, 0.3) is 0 Å². The Morgan fingerprint density at radius 2 is 1.83 bits per heavy atom. The van der Waals surface area contributed by atoms with Gasteiger partial charge in [-0.3, -0.25) is 4.79 Å². The fourth-order valence-corrected chi connectivity index (χ4v) is 2.68. The summed E-state index contributed by atoms with van der Waals surface area (Å²) in [7, 11) is 0. The van der Waals surface area contributed by atoms with Crippen molar-refractivity contribution in [1.82, 2.24) is 0 Å². The van der Waals surface area contributed by atoms with Gasteiger partial charge in [-0.05, 0) is 30.2 Å². The zero-order valence-corrected chi connectivity index (χ0v) is 12.2. The third-order valence-corrected chi connectivity index (χ3v) is 3.82. The van der Waals surface area contributed by atoms with Crippen LogP contribution in [0.5, 0.6) is 0 Å². The molecule has 3 heteroatoms. The third kappa shape index (κ3) is 2.82. The van der Waals surface area contributed by atoms with Crippen LogP contribution in [0.3, 0.4) is 0 Å². The summed E-state index contributed by atoms with van der Waals surface area (Å²) < 4.78 is 0.786. The lowest BCUT2D eigenvalue weighted by atomic mass is 10.0. The standard InChI is InChI=1S/C15H12BrClO/c1-10-7-8-12(13(16)9-10)15(18)14(17)11-5-3-2-4-6-11/h2-9,14H,1H3. The number of halogens is 2. The van der Waals surface area contributed by atoms with Gasteiger partial charge in [0.1, 0.15) is 5.38 Å². The molecular formula is C15H12BrClO. The Morgan fingerprint density at radius 1 is 1.17 bits per heavy atom. The molecule has 2 aromatic rings. The Bertz CT molecular complexity index is 566. The highest BCUT2D eigenvalue weighted by molar-refractivity contribution is 9.10. The number of ketones is 1. The number of rotatable bonds is 3. The molecule has 0 aliphatic rings. The maximum Gasteiger partial charge on any atom is 0.186 e. The van der Waals surface area contributed by atoms with Crippen LogP contribution in [0, 0.1) is 6.92 Å². The van der Waals surface area contributed by atoms with Crippen molar-refractivity contribution >= 4 is 33.3 Å². The van der Waals surface area contributed by atoms with Gasteiger partial charge in [-0.1, -0.05) is 52.3 Å². The summed E-state index contributed by atoms with van der Waals surface area (Å²) in [5.74, 6) is -0.0882. The number of benzene rings is 2. The zero-order valence-electron chi connectivity index (χ0n) is 9.86. The quantitative estimate of drug-likeness (QED) is 0.579. The van der Waals surface area contributed by atoms with Crippen LogP contribution in [-0.2, 0) is 0 Å². The van der Waals surface area contributed by atoms with E-state index in [1.807, 2.05) is 49.4 Å². The lowest BCUT2D eigenvalue weighted by Crippen LogP contribution is -2.08. The van der Waals surface area contributed by atoms with E-state index in [4.69, 9.17) is 11.6 Å². The molecule has 0 aliphatic carbocycles. The molecule has 0 fully saturated rings. The first kappa shape index (κ1) is 13.3. The summed E-state index contributed by atoms with van der Waals surface area (Å²) in [5, 5.41) is -0.648. The maximum absolute atomic E-state index is 12.3. The summed E-state index contributed by atoms with van der Waals surface area (Å²) in [5.41, 5.74) is 2.53. The lowest BCUT2D eigenvalue weighted by molar-refractivity contribution is 0.0986. The second-order valence-electron chi connectivity index (χ2n) is 4.12. The van der Waals surface area contributed by atoms with E-state index in [1.165, 1.54) is 0 Å². The molecule has 18 heavy (non-hydrogen) atoms. The topological polar surface area (TPSA) is 17.1 Å². The van der Waals surface area contributed by atoms with Crippen LogP contribution in [-0.4, -0.2) is 5.78 Å². The van der Waals surface area contributed by atoms with Crippen molar-refractivity contribution in [2.75, 3.05) is 0 Å². The molecule has 0 aromatic heterocycles. The molecule has 1 atom stereocenters. The second kappa shape index (κ2) is 5.68. The number of Topliss-reactive ketones (excluding diaryl/α,β-unsaturated/α-hetero) is 1. The summed E-state index contributed by atoms with van der Waals surface area (Å²) in [4.78, 5) is 12.3. The summed E-state index contributed by atoms with van der Waals surface area (Å²) in [6.07, 6.45) is 0. The van der Waals surface area contributed by atoms with E-state index in [-0.39, 0.29) is 5.78 Å². The molecule has 0 aliphatic heterocycles. The molecule has 0 N–H and O–H groups in total. The molecule has 0 saturated heterocycles. The van der Waals surface area contributed by atoms with Gasteiger partial charge in [0.2, 0.25) is 0 Å². The Hall–Kier alpha value is -1.12. The van der Waals surface area contributed by atoms with E-state index in [0.29, 0.717) is 5.56 Å². The van der Waals surface area contributed by atoms with Gasteiger partial charge in [-0.15, -0.1) is 11.6 Å². The van der Waals surface area contributed by atoms with Crippen LogP contribution >= 0.6 is 27.5 Å². The van der Waals surface area contributed by atoms with Crippen molar-refractivity contribution in [3.63, 3.8) is 0 Å². The molecule has 0 bridgehead atoms. The van der Waals surface area contributed by atoms with Crippen LogP contribution in [0.2, 0.25) is 0 Å². The molecular weight excluding hydrogens is 312 g/mol. The van der Waals surface area contributed by atoms with Gasteiger partial charge in [0.15, 0.2) is 5.78 Å². The predicted octanol–water partition coefficient (Wildman–Crippen LogP) is 4.92. The number of aryl methyl sites for hydroxylation is 1. The number of hydrogen-bond donors (Lipinski definition) is 0. The second-order valence-corrected chi connectivity index (χ2v) is 5.41. The molecule has 92 valence electrons. The van der Waals surface area contributed by atoms with Crippen LogP contribution in [0.15, 0.2) is 53.0 Å². The fourth-order valence-electron chi connectivity index (χ4n) is 1.73. The SMILES string of the molecule is Cc1ccc(C(=O)C(Cl)c2ccccc2)c(Br)c1. The Balaban J connectivity index is 2.32. The van der Waals surface area contributed by atoms with Crippen molar-refractivity contribution in [2.45, 2.75) is 12.3 Å². The largest absolute Gasteiger partial charge is 0.292 e. The molecule has 0 heterocycles. The van der Waals surface area contributed by atoms with Gasteiger partial charge >= 0.3 is 0 Å². The number of hydrogen-bond acceptors (Lipinski definition) is 1. The third-order valence-electron chi connectivity index (χ3n) is 2.71. The fraction of sp³-hybridized carbons (Fsp3) is 0.133. The molecule has 0 amide bonds. The molecule has 0 saturated carbocycles. The number of carbonyl (C=O) groups excluding carboxylic acids is 1. The molecule has 0 radical (unpaired) electrons. The van der Waals surface area contributed by atoms with E-state index in [2.05, 4.69) is 15.9 Å². The monoisotopic (exact) mass is 322 g/mol. The van der Waals surface area contributed by atoms with E-state index >= 15 is 0 Å². The summed E-state index contributed by atoms with van der Waals surface area (Å²) in [6.45, 7) is 1.98. The van der Waals surface area contributed by atoms with Crippen LogP contribution < -0.4 is 0 Å². The van der Waals surface area contributed by atoms with Crippen molar-refractivity contribution in [2.24, 2.45) is 0 Å². The lowest BCUT2D eigenvalue weighted by Gasteiger charge is -2.10. The van der Waals surface area contributed by atoms with Gasteiger partial charge in [0.25, 0.3) is 0 Å². The van der Waals surface area contributed by atoms with Gasteiger partial charge in [0.05, 0.1) is 0 Å². The minimum Gasteiger partial charge on any atom is -0.292 e. The molecule has 2 aromatic carbocycles. The van der Waals surface area contributed by atoms with Crippen molar-refractivity contribution in [3.05, 3.63) is 69.7 Å². The first-order valence-corrected chi connectivity index (χ1v) is 6.82. The van der Waals surface area contributed by atoms with Gasteiger partial charge in [-0.25, -0.2) is 0 Å².